The number of benzene rings is 1. The lowest BCUT2D eigenvalue weighted by Gasteiger charge is -2.14. The van der Waals surface area contributed by atoms with Gasteiger partial charge in [0.15, 0.2) is 0 Å². The van der Waals surface area contributed by atoms with Crippen molar-refractivity contribution in [3.05, 3.63) is 34.0 Å². The second-order valence-corrected chi connectivity index (χ2v) is 5.38. The maximum atomic E-state index is 6.08. The number of hydrogen-bond donors (Lipinski definition) is 3. The van der Waals surface area contributed by atoms with Crippen molar-refractivity contribution in [2.75, 3.05) is 18.6 Å². The highest BCUT2D eigenvalue weighted by Crippen LogP contribution is 2.40. The zero-order valence-electron chi connectivity index (χ0n) is 11.1. The van der Waals surface area contributed by atoms with Gasteiger partial charge < -0.3 is 21.9 Å². The van der Waals surface area contributed by atoms with Crippen molar-refractivity contribution in [1.82, 2.24) is 0 Å². The van der Waals surface area contributed by atoms with Gasteiger partial charge in [0.2, 0.25) is 0 Å². The molecule has 1 aromatic heterocycles. The van der Waals surface area contributed by atoms with Crippen LogP contribution in [0.3, 0.4) is 0 Å². The number of hydrogen-bond acceptors (Lipinski definition) is 5. The van der Waals surface area contributed by atoms with Gasteiger partial charge in [0.05, 0.1) is 6.10 Å². The van der Waals surface area contributed by atoms with E-state index < -0.39 is 0 Å². The van der Waals surface area contributed by atoms with E-state index in [1.807, 2.05) is 19.1 Å². The molecule has 0 saturated heterocycles. The standard InChI is InChI=1S/C14H19N3OS/c1-8(18-2)11-7-19-13(6-15)14(11)10-5-9(16)3-4-12(10)17/h3-5,7-8H,6,15-17H2,1-2H3. The summed E-state index contributed by atoms with van der Waals surface area (Å²) in [6.07, 6.45) is -0.00705. The summed E-state index contributed by atoms with van der Waals surface area (Å²) in [5.41, 5.74) is 22.3. The number of methoxy groups -OCH3 is 1. The minimum Gasteiger partial charge on any atom is -0.399 e. The zero-order valence-corrected chi connectivity index (χ0v) is 12.0. The molecule has 0 aliphatic heterocycles. The monoisotopic (exact) mass is 277 g/mol. The van der Waals surface area contributed by atoms with E-state index in [0.29, 0.717) is 17.9 Å². The molecule has 0 aliphatic carbocycles. The van der Waals surface area contributed by atoms with Crippen LogP contribution in [-0.4, -0.2) is 7.11 Å². The van der Waals surface area contributed by atoms with E-state index >= 15 is 0 Å². The highest BCUT2D eigenvalue weighted by Gasteiger charge is 2.19. The van der Waals surface area contributed by atoms with Gasteiger partial charge in [0.25, 0.3) is 0 Å². The van der Waals surface area contributed by atoms with Crippen molar-refractivity contribution in [3.8, 4) is 11.1 Å². The quantitative estimate of drug-likeness (QED) is 0.750. The molecule has 2 aromatic rings. The Kier molecular flexibility index (Phi) is 4.09. The third-order valence-electron chi connectivity index (χ3n) is 3.22. The molecule has 0 saturated carbocycles. The number of ether oxygens (including phenoxy) is 1. The fraction of sp³-hybridized carbons (Fsp3) is 0.286. The fourth-order valence-corrected chi connectivity index (χ4v) is 3.11. The number of nitrogens with two attached hydrogens (primary N) is 3. The third-order valence-corrected chi connectivity index (χ3v) is 4.25. The molecule has 0 fully saturated rings. The van der Waals surface area contributed by atoms with Gasteiger partial charge in [-0.25, -0.2) is 0 Å². The van der Waals surface area contributed by atoms with Gasteiger partial charge in [0.1, 0.15) is 0 Å². The first-order valence-electron chi connectivity index (χ1n) is 6.07. The van der Waals surface area contributed by atoms with E-state index in [-0.39, 0.29) is 6.10 Å². The molecule has 0 radical (unpaired) electrons. The van der Waals surface area contributed by atoms with Crippen LogP contribution < -0.4 is 17.2 Å². The predicted molar refractivity (Wildman–Crippen MR) is 81.9 cm³/mol. The summed E-state index contributed by atoms with van der Waals surface area (Å²) in [7, 11) is 1.69. The second kappa shape index (κ2) is 5.61. The molecule has 0 amide bonds. The number of thiophene rings is 1. The summed E-state index contributed by atoms with van der Waals surface area (Å²) in [5.74, 6) is 0. The summed E-state index contributed by atoms with van der Waals surface area (Å²) in [6, 6.07) is 5.51. The second-order valence-electron chi connectivity index (χ2n) is 4.42. The Bertz CT molecular complexity index is 580. The van der Waals surface area contributed by atoms with Gasteiger partial charge in [-0.05, 0) is 36.1 Å². The summed E-state index contributed by atoms with van der Waals surface area (Å²) in [4.78, 5) is 1.09. The topological polar surface area (TPSA) is 87.3 Å². The van der Waals surface area contributed by atoms with Gasteiger partial charge in [-0.1, -0.05) is 0 Å². The van der Waals surface area contributed by atoms with Crippen LogP contribution in [0.2, 0.25) is 0 Å². The van der Waals surface area contributed by atoms with Crippen LogP contribution >= 0.6 is 11.3 Å². The van der Waals surface area contributed by atoms with E-state index in [1.165, 1.54) is 0 Å². The number of rotatable bonds is 4. The number of anilines is 2. The summed E-state index contributed by atoms with van der Waals surface area (Å²) in [6.45, 7) is 2.49. The van der Waals surface area contributed by atoms with Crippen LogP contribution in [0.25, 0.3) is 11.1 Å². The summed E-state index contributed by atoms with van der Waals surface area (Å²) >= 11 is 1.63. The van der Waals surface area contributed by atoms with Crippen LogP contribution in [0.1, 0.15) is 23.5 Å². The normalized spacial score (nSPS) is 12.6. The molecule has 1 aromatic carbocycles. The Morgan fingerprint density at radius 3 is 2.68 bits per heavy atom. The van der Waals surface area contributed by atoms with E-state index in [1.54, 1.807) is 24.5 Å². The molecule has 1 unspecified atom stereocenters. The fourth-order valence-electron chi connectivity index (χ4n) is 2.09. The lowest BCUT2D eigenvalue weighted by Crippen LogP contribution is -2.02. The molecule has 1 atom stereocenters. The first-order valence-corrected chi connectivity index (χ1v) is 6.95. The van der Waals surface area contributed by atoms with Crippen molar-refractivity contribution in [2.24, 2.45) is 5.73 Å². The van der Waals surface area contributed by atoms with Crippen LogP contribution in [0.5, 0.6) is 0 Å². The van der Waals surface area contributed by atoms with Gasteiger partial charge in [-0.3, -0.25) is 0 Å². The van der Waals surface area contributed by atoms with Crippen LogP contribution in [0.4, 0.5) is 11.4 Å². The Hall–Kier alpha value is -1.56. The highest BCUT2D eigenvalue weighted by molar-refractivity contribution is 7.10. The van der Waals surface area contributed by atoms with Crippen molar-refractivity contribution >= 4 is 22.7 Å². The van der Waals surface area contributed by atoms with Crippen molar-refractivity contribution in [1.29, 1.82) is 0 Å². The molecule has 5 heteroatoms. The summed E-state index contributed by atoms with van der Waals surface area (Å²) < 4.78 is 5.42. The van der Waals surface area contributed by atoms with Crippen molar-refractivity contribution in [3.63, 3.8) is 0 Å². The van der Waals surface area contributed by atoms with E-state index in [9.17, 15) is 0 Å². The first kappa shape index (κ1) is 13.9. The Labute approximate surface area is 117 Å². The van der Waals surface area contributed by atoms with Crippen LogP contribution in [-0.2, 0) is 11.3 Å². The van der Waals surface area contributed by atoms with Gasteiger partial charge in [0, 0.05) is 41.0 Å². The van der Waals surface area contributed by atoms with Crippen molar-refractivity contribution in [2.45, 2.75) is 19.6 Å². The molecule has 1 heterocycles. The molecule has 2 rings (SSSR count). The Balaban J connectivity index is 2.65. The van der Waals surface area contributed by atoms with Crippen LogP contribution in [0, 0.1) is 0 Å². The molecule has 6 N–H and O–H groups in total. The Morgan fingerprint density at radius 2 is 2.05 bits per heavy atom. The number of nitrogen functional groups attached to an aromatic ring is 2. The maximum absolute atomic E-state index is 6.08. The molecule has 102 valence electrons. The SMILES string of the molecule is COC(C)c1csc(CN)c1-c1cc(N)ccc1N. The predicted octanol–water partition coefficient (Wildman–Crippen LogP) is 2.75. The highest BCUT2D eigenvalue weighted by atomic mass is 32.1. The minimum absolute atomic E-state index is 0.00705. The lowest BCUT2D eigenvalue weighted by molar-refractivity contribution is 0.120. The van der Waals surface area contributed by atoms with E-state index in [0.717, 1.165) is 21.6 Å². The molecule has 0 spiro atoms. The maximum Gasteiger partial charge on any atom is 0.0807 e. The van der Waals surface area contributed by atoms with Gasteiger partial charge >= 0.3 is 0 Å². The average molecular weight is 277 g/mol. The smallest absolute Gasteiger partial charge is 0.0807 e. The van der Waals surface area contributed by atoms with Gasteiger partial charge in [-0.2, -0.15) is 0 Å². The molecule has 0 bridgehead atoms. The van der Waals surface area contributed by atoms with Crippen molar-refractivity contribution < 1.29 is 4.74 Å². The average Bonchev–Trinajstić information content (AvgIpc) is 2.84. The lowest BCUT2D eigenvalue weighted by atomic mass is 9.97. The Morgan fingerprint density at radius 1 is 1.32 bits per heavy atom. The van der Waals surface area contributed by atoms with Crippen LogP contribution in [0.15, 0.2) is 23.6 Å². The molecular weight excluding hydrogens is 258 g/mol. The van der Waals surface area contributed by atoms with E-state index in [4.69, 9.17) is 21.9 Å². The molecular formula is C14H19N3OS. The zero-order chi connectivity index (χ0) is 14.0. The molecule has 19 heavy (non-hydrogen) atoms. The summed E-state index contributed by atoms with van der Waals surface area (Å²) in [5, 5.41) is 2.08. The molecule has 0 aliphatic rings. The molecule has 4 nitrogen and oxygen atoms in total. The largest absolute Gasteiger partial charge is 0.399 e. The van der Waals surface area contributed by atoms with Gasteiger partial charge in [-0.15, -0.1) is 11.3 Å². The third kappa shape index (κ3) is 2.58. The van der Waals surface area contributed by atoms with E-state index in [2.05, 4.69) is 5.38 Å². The minimum atomic E-state index is -0.00705. The first-order chi connectivity index (χ1) is 9.08.